The van der Waals surface area contributed by atoms with Gasteiger partial charge in [-0.05, 0) is 55.0 Å². The summed E-state index contributed by atoms with van der Waals surface area (Å²) < 4.78 is 19.0. The number of rotatable bonds is 4. The molecule has 2 aromatic carbocycles. The largest absolute Gasteiger partial charge is 0.494 e. The number of halogens is 1. The first-order valence-corrected chi connectivity index (χ1v) is 11.0. The highest BCUT2D eigenvalue weighted by molar-refractivity contribution is 5.95. The van der Waals surface area contributed by atoms with Gasteiger partial charge < -0.3 is 9.64 Å². The number of carbonyl (C=O) groups is 1. The number of nitrogens with zero attached hydrogens (tertiary/aromatic N) is 2. The molecule has 0 N–H and O–H groups in total. The third-order valence-corrected chi connectivity index (χ3v) is 7.45. The van der Waals surface area contributed by atoms with Gasteiger partial charge in [0.05, 0.1) is 13.2 Å². The van der Waals surface area contributed by atoms with Crippen molar-refractivity contribution in [2.24, 2.45) is 11.8 Å². The summed E-state index contributed by atoms with van der Waals surface area (Å²) in [6.07, 6.45) is 3.97. The average Bonchev–Trinajstić information content (AvgIpc) is 3.25. The van der Waals surface area contributed by atoms with Crippen LogP contribution in [0.4, 0.5) is 4.39 Å². The molecule has 30 heavy (non-hydrogen) atoms. The van der Waals surface area contributed by atoms with Gasteiger partial charge in [0, 0.05) is 37.2 Å². The first kappa shape index (κ1) is 19.6. The highest BCUT2D eigenvalue weighted by Gasteiger charge is 2.50. The molecule has 1 saturated carbocycles. The molecule has 5 rings (SSSR count). The van der Waals surface area contributed by atoms with Gasteiger partial charge in [0.1, 0.15) is 0 Å². The number of likely N-dealkylation sites (tertiary alicyclic amines) is 2. The quantitative estimate of drug-likeness (QED) is 0.750. The molecule has 0 unspecified atom stereocenters. The topological polar surface area (TPSA) is 32.8 Å². The Morgan fingerprint density at radius 1 is 1.10 bits per heavy atom. The zero-order valence-electron chi connectivity index (χ0n) is 17.7. The highest BCUT2D eigenvalue weighted by Crippen LogP contribution is 2.48. The van der Waals surface area contributed by atoms with E-state index in [0.29, 0.717) is 17.4 Å². The molecule has 0 aromatic heterocycles. The number of fused-ring (bicyclic) bond motifs is 1. The first-order valence-electron chi connectivity index (χ1n) is 11.0. The molecule has 3 atom stereocenters. The zero-order chi connectivity index (χ0) is 20.8. The van der Waals surface area contributed by atoms with Gasteiger partial charge in [-0.3, -0.25) is 9.69 Å². The van der Waals surface area contributed by atoms with Crippen LogP contribution in [-0.4, -0.2) is 48.5 Å². The number of benzene rings is 2. The van der Waals surface area contributed by atoms with E-state index in [1.54, 1.807) is 6.07 Å². The summed E-state index contributed by atoms with van der Waals surface area (Å²) in [5.74, 6) is 0.563. The predicted molar refractivity (Wildman–Crippen MR) is 114 cm³/mol. The van der Waals surface area contributed by atoms with E-state index < -0.39 is 5.82 Å². The van der Waals surface area contributed by atoms with Gasteiger partial charge in [0.25, 0.3) is 5.91 Å². The van der Waals surface area contributed by atoms with E-state index in [1.807, 2.05) is 4.90 Å². The molecule has 2 aromatic rings. The number of carbonyl (C=O) groups excluding carboxylic acids is 1. The summed E-state index contributed by atoms with van der Waals surface area (Å²) in [6.45, 7) is 5.02. The Balaban J connectivity index is 1.48. The molecular weight excluding hydrogens is 379 g/mol. The maximum atomic E-state index is 13.9. The molecule has 5 heteroatoms. The molecular formula is C25H29FN2O2. The van der Waals surface area contributed by atoms with Crippen molar-refractivity contribution in [3.63, 3.8) is 0 Å². The van der Waals surface area contributed by atoms with E-state index in [2.05, 4.69) is 36.1 Å². The summed E-state index contributed by atoms with van der Waals surface area (Å²) >= 11 is 0. The van der Waals surface area contributed by atoms with Gasteiger partial charge in [-0.25, -0.2) is 4.39 Å². The molecule has 2 aliphatic heterocycles. The van der Waals surface area contributed by atoms with E-state index >= 15 is 0 Å². The van der Waals surface area contributed by atoms with Gasteiger partial charge in [-0.2, -0.15) is 0 Å². The second-order valence-electron chi connectivity index (χ2n) is 9.07. The van der Waals surface area contributed by atoms with E-state index in [0.717, 1.165) is 25.7 Å². The summed E-state index contributed by atoms with van der Waals surface area (Å²) in [5, 5.41) is 0. The lowest BCUT2D eigenvalue weighted by Crippen LogP contribution is -2.42. The van der Waals surface area contributed by atoms with Crippen LogP contribution in [0.25, 0.3) is 0 Å². The van der Waals surface area contributed by atoms with Crippen LogP contribution in [0.5, 0.6) is 5.75 Å². The highest BCUT2D eigenvalue weighted by atomic mass is 19.1. The van der Waals surface area contributed by atoms with Gasteiger partial charge in [-0.1, -0.05) is 30.7 Å². The third kappa shape index (κ3) is 3.20. The maximum absolute atomic E-state index is 13.9. The lowest BCUT2D eigenvalue weighted by atomic mass is 9.87. The Morgan fingerprint density at radius 3 is 2.60 bits per heavy atom. The van der Waals surface area contributed by atoms with Crippen LogP contribution in [0.2, 0.25) is 0 Å². The second kappa shape index (κ2) is 7.69. The molecule has 4 nitrogen and oxygen atoms in total. The molecule has 3 aliphatic rings. The van der Waals surface area contributed by atoms with E-state index in [4.69, 9.17) is 4.74 Å². The Bertz CT molecular complexity index is 958. The van der Waals surface area contributed by atoms with Crippen molar-refractivity contribution in [3.05, 3.63) is 65.0 Å². The van der Waals surface area contributed by atoms with Crippen LogP contribution >= 0.6 is 0 Å². The number of ether oxygens (including phenoxy) is 1. The average molecular weight is 409 g/mol. The Morgan fingerprint density at radius 2 is 1.90 bits per heavy atom. The van der Waals surface area contributed by atoms with Crippen molar-refractivity contribution >= 4 is 5.91 Å². The van der Waals surface area contributed by atoms with Crippen molar-refractivity contribution in [3.8, 4) is 5.75 Å². The van der Waals surface area contributed by atoms with E-state index in [9.17, 15) is 9.18 Å². The lowest BCUT2D eigenvalue weighted by molar-refractivity contribution is 0.0676. The minimum absolute atomic E-state index is 0.0360. The van der Waals surface area contributed by atoms with Crippen LogP contribution < -0.4 is 4.74 Å². The normalized spacial score (nSPS) is 26.5. The Hall–Kier alpha value is -2.40. The van der Waals surface area contributed by atoms with Crippen LogP contribution in [0.1, 0.15) is 46.8 Å². The molecule has 0 spiro atoms. The Labute approximate surface area is 177 Å². The molecule has 0 bridgehead atoms. The summed E-state index contributed by atoms with van der Waals surface area (Å²) in [7, 11) is 1.43. The van der Waals surface area contributed by atoms with E-state index in [-0.39, 0.29) is 17.7 Å². The summed E-state index contributed by atoms with van der Waals surface area (Å²) in [6, 6.07) is 13.6. The summed E-state index contributed by atoms with van der Waals surface area (Å²) in [5.41, 5.74) is 2.95. The molecule has 0 radical (unpaired) electrons. The molecule has 1 aliphatic carbocycles. The Kier molecular flexibility index (Phi) is 5.02. The third-order valence-electron chi connectivity index (χ3n) is 7.45. The molecule has 1 amide bonds. The van der Waals surface area contributed by atoms with Crippen LogP contribution in [0, 0.1) is 24.6 Å². The number of amides is 1. The predicted octanol–water partition coefficient (Wildman–Crippen LogP) is 4.44. The maximum Gasteiger partial charge on any atom is 0.254 e. The lowest BCUT2D eigenvalue weighted by Gasteiger charge is -2.37. The monoisotopic (exact) mass is 408 g/mol. The standard InChI is InChI=1S/C25H29FN2O2/c1-16-6-3-4-9-20(16)24-21-15-27(19-7-5-8-19)13-18(21)14-28(24)25(29)17-10-11-22(26)23(12-17)30-2/h3-4,6,9-12,18-19,21,24H,5,7-8,13-15H2,1-2H3/t18-,21-,24+/m0/s1. The van der Waals surface area contributed by atoms with Crippen LogP contribution in [0.3, 0.4) is 0 Å². The van der Waals surface area contributed by atoms with Crippen molar-refractivity contribution < 1.29 is 13.9 Å². The minimum Gasteiger partial charge on any atom is -0.494 e. The molecule has 2 heterocycles. The first-order chi connectivity index (χ1) is 14.6. The number of methoxy groups -OCH3 is 1. The number of aryl methyl sites for hydroxylation is 1. The van der Waals surface area contributed by atoms with Gasteiger partial charge in [0.15, 0.2) is 11.6 Å². The number of hydrogen-bond donors (Lipinski definition) is 0. The SMILES string of the molecule is COc1cc(C(=O)N2C[C@@H]3CN(C4CCC4)C[C@@H]3[C@H]2c2ccccc2C)ccc1F. The molecule has 158 valence electrons. The minimum atomic E-state index is -0.445. The van der Waals surface area contributed by atoms with Crippen molar-refractivity contribution in [1.82, 2.24) is 9.80 Å². The fraction of sp³-hybridized carbons (Fsp3) is 0.480. The van der Waals surface area contributed by atoms with Gasteiger partial charge >= 0.3 is 0 Å². The fourth-order valence-electron chi connectivity index (χ4n) is 5.61. The van der Waals surface area contributed by atoms with E-state index in [1.165, 1.54) is 49.6 Å². The van der Waals surface area contributed by atoms with Crippen LogP contribution in [-0.2, 0) is 0 Å². The van der Waals surface area contributed by atoms with Crippen LogP contribution in [0.15, 0.2) is 42.5 Å². The zero-order valence-corrected chi connectivity index (χ0v) is 17.7. The summed E-state index contributed by atoms with van der Waals surface area (Å²) in [4.78, 5) is 18.3. The van der Waals surface area contributed by atoms with Crippen molar-refractivity contribution in [1.29, 1.82) is 0 Å². The van der Waals surface area contributed by atoms with Gasteiger partial charge in [-0.15, -0.1) is 0 Å². The smallest absolute Gasteiger partial charge is 0.254 e. The van der Waals surface area contributed by atoms with Gasteiger partial charge in [0.2, 0.25) is 0 Å². The molecule has 2 saturated heterocycles. The fourth-order valence-corrected chi connectivity index (χ4v) is 5.61. The second-order valence-corrected chi connectivity index (χ2v) is 9.07. The van der Waals surface area contributed by atoms with Crippen molar-refractivity contribution in [2.75, 3.05) is 26.7 Å². The van der Waals surface area contributed by atoms with Crippen molar-refractivity contribution in [2.45, 2.75) is 38.3 Å². The molecule has 3 fully saturated rings. The number of hydrogen-bond acceptors (Lipinski definition) is 3.